The molecule has 2 N–H and O–H groups in total. The van der Waals surface area contributed by atoms with Crippen LogP contribution in [0.25, 0.3) is 0 Å². The van der Waals surface area contributed by atoms with Crippen LogP contribution in [-0.2, 0) is 17.3 Å². The first kappa shape index (κ1) is 41.0. The Hall–Kier alpha value is -3.74. The first-order valence-electron chi connectivity index (χ1n) is 18.4. The summed E-state index contributed by atoms with van der Waals surface area (Å²) >= 11 is 0. The van der Waals surface area contributed by atoms with Gasteiger partial charge in [0.05, 0.1) is 35.2 Å². The van der Waals surface area contributed by atoms with E-state index < -0.39 is 11.7 Å². The number of phenols is 2. The zero-order chi connectivity index (χ0) is 38.1. The van der Waals surface area contributed by atoms with Gasteiger partial charge in [-0.25, -0.2) is 9.97 Å². The van der Waals surface area contributed by atoms with Crippen molar-refractivity contribution in [2.24, 2.45) is 0 Å². The van der Waals surface area contributed by atoms with Crippen molar-refractivity contribution in [2.45, 2.75) is 103 Å². The number of likely N-dealkylation sites (tertiary alicyclic amines) is 1. The fourth-order valence-corrected chi connectivity index (χ4v) is 7.43. The molecule has 9 nitrogen and oxygen atoms in total. The number of nitrogens with zero attached hydrogens (tertiary/aromatic N) is 5. The van der Waals surface area contributed by atoms with Crippen molar-refractivity contribution in [3.05, 3.63) is 82.4 Å². The molecule has 0 bridgehead atoms. The predicted octanol–water partition coefficient (Wildman–Crippen LogP) is 7.72. The van der Waals surface area contributed by atoms with Gasteiger partial charge in [-0.1, -0.05) is 44.4 Å². The lowest BCUT2D eigenvalue weighted by Gasteiger charge is -2.52. The SMILES string of the molecule is CCCCCCc1ccc(O)cc1O.COC[C@@H](c1ccc(C(F)(F)F)cc1)N1CCN(C2(C)CCN(C(=O)c3c(C)ncnc3C)CC2)C[C@@H]1C. The molecule has 52 heavy (non-hydrogen) atoms. The normalized spacial score (nSPS) is 18.8. The van der Waals surface area contributed by atoms with E-state index in [1.807, 2.05) is 18.7 Å². The Labute approximate surface area is 306 Å². The molecule has 0 unspecified atom stereocenters. The number of aromatic hydroxyl groups is 2. The van der Waals surface area contributed by atoms with Gasteiger partial charge in [-0.3, -0.25) is 14.6 Å². The van der Waals surface area contributed by atoms with Gasteiger partial charge in [0, 0.05) is 57.5 Å². The summed E-state index contributed by atoms with van der Waals surface area (Å²) in [6, 6.07) is 10.3. The number of phenolic OH excluding ortho intramolecular Hbond substituents is 2. The summed E-state index contributed by atoms with van der Waals surface area (Å²) in [5, 5.41) is 18.6. The number of hydrogen-bond acceptors (Lipinski definition) is 8. The third-order valence-electron chi connectivity index (χ3n) is 10.7. The Bertz CT molecular complexity index is 1570. The number of methoxy groups -OCH3 is 1. The minimum Gasteiger partial charge on any atom is -0.508 e. The molecule has 0 aliphatic carbocycles. The Kier molecular flexibility index (Phi) is 14.5. The number of amides is 1. The maximum Gasteiger partial charge on any atom is 0.416 e. The van der Waals surface area contributed by atoms with E-state index in [9.17, 15) is 23.1 Å². The molecule has 2 saturated heterocycles. The molecule has 12 heteroatoms. The number of aryl methyl sites for hydroxylation is 3. The molecule has 2 aliphatic heterocycles. The second-order valence-electron chi connectivity index (χ2n) is 14.5. The summed E-state index contributed by atoms with van der Waals surface area (Å²) < 4.78 is 44.7. The van der Waals surface area contributed by atoms with Gasteiger partial charge in [0.2, 0.25) is 0 Å². The zero-order valence-corrected chi connectivity index (χ0v) is 31.5. The highest BCUT2D eigenvalue weighted by molar-refractivity contribution is 5.96. The number of aromatic nitrogens is 2. The maximum atomic E-state index is 13.2. The average molecular weight is 728 g/mol. The van der Waals surface area contributed by atoms with Crippen LogP contribution in [0.15, 0.2) is 48.8 Å². The van der Waals surface area contributed by atoms with Crippen LogP contribution in [0.1, 0.15) is 104 Å². The smallest absolute Gasteiger partial charge is 0.416 e. The summed E-state index contributed by atoms with van der Waals surface area (Å²) in [5.74, 6) is 0.334. The summed E-state index contributed by atoms with van der Waals surface area (Å²) in [4.78, 5) is 28.4. The number of alkyl halides is 3. The van der Waals surface area contributed by atoms with Crippen LogP contribution in [0.2, 0.25) is 0 Å². The summed E-state index contributed by atoms with van der Waals surface area (Å²) in [6.07, 6.45) is 4.56. The van der Waals surface area contributed by atoms with Crippen molar-refractivity contribution in [1.82, 2.24) is 24.7 Å². The van der Waals surface area contributed by atoms with E-state index in [0.717, 1.165) is 68.6 Å². The number of piperidine rings is 1. The molecule has 2 fully saturated rings. The highest BCUT2D eigenvalue weighted by Gasteiger charge is 2.41. The Balaban J connectivity index is 0.000000363. The fourth-order valence-electron chi connectivity index (χ4n) is 7.43. The van der Waals surface area contributed by atoms with Crippen molar-refractivity contribution in [3.8, 4) is 11.5 Å². The highest BCUT2D eigenvalue weighted by Crippen LogP contribution is 2.35. The molecule has 286 valence electrons. The largest absolute Gasteiger partial charge is 0.508 e. The van der Waals surface area contributed by atoms with Gasteiger partial charge in [0.25, 0.3) is 5.91 Å². The molecule has 3 aromatic rings. The van der Waals surface area contributed by atoms with Gasteiger partial charge in [-0.15, -0.1) is 0 Å². The second-order valence-corrected chi connectivity index (χ2v) is 14.5. The zero-order valence-electron chi connectivity index (χ0n) is 31.5. The van der Waals surface area contributed by atoms with Crippen molar-refractivity contribution in [1.29, 1.82) is 0 Å². The van der Waals surface area contributed by atoms with Crippen molar-refractivity contribution in [3.63, 3.8) is 0 Å². The van der Waals surface area contributed by atoms with Crippen LogP contribution in [0, 0.1) is 13.8 Å². The lowest BCUT2D eigenvalue weighted by Crippen LogP contribution is -2.62. The molecule has 1 amide bonds. The maximum absolute atomic E-state index is 13.2. The first-order chi connectivity index (χ1) is 24.7. The molecule has 3 heterocycles. The highest BCUT2D eigenvalue weighted by atomic mass is 19.4. The summed E-state index contributed by atoms with van der Waals surface area (Å²) in [6.45, 7) is 14.6. The molecular formula is C40H56F3N5O4. The number of piperazine rings is 1. The van der Waals surface area contributed by atoms with E-state index in [-0.39, 0.29) is 35.0 Å². The van der Waals surface area contributed by atoms with Gasteiger partial charge in [-0.2, -0.15) is 13.2 Å². The number of hydrogen-bond donors (Lipinski definition) is 2. The molecule has 1 aromatic heterocycles. The third kappa shape index (κ3) is 10.4. The number of carbonyl (C=O) groups is 1. The van der Waals surface area contributed by atoms with E-state index in [0.29, 0.717) is 36.6 Å². The van der Waals surface area contributed by atoms with E-state index in [4.69, 9.17) is 9.84 Å². The average Bonchev–Trinajstić information content (AvgIpc) is 3.10. The minimum atomic E-state index is -4.35. The molecule has 0 radical (unpaired) electrons. The van der Waals surface area contributed by atoms with Gasteiger partial charge in [0.15, 0.2) is 0 Å². The molecule has 5 rings (SSSR count). The molecule has 2 aromatic carbocycles. The van der Waals surface area contributed by atoms with E-state index in [1.165, 1.54) is 31.7 Å². The molecule has 2 aliphatic rings. The summed E-state index contributed by atoms with van der Waals surface area (Å²) in [7, 11) is 1.62. The van der Waals surface area contributed by atoms with Crippen molar-refractivity contribution in [2.75, 3.05) is 46.4 Å². The van der Waals surface area contributed by atoms with Crippen molar-refractivity contribution < 1.29 is 32.9 Å². The van der Waals surface area contributed by atoms with E-state index in [2.05, 4.69) is 40.5 Å². The van der Waals surface area contributed by atoms with Crippen LogP contribution in [0.5, 0.6) is 11.5 Å². The van der Waals surface area contributed by atoms with Gasteiger partial charge in [-0.05, 0) is 82.7 Å². The standard InChI is InChI=1S/C28H38F3N5O2.C12H18O2/c1-19-16-35(14-15-36(19)24(17-38-5)22-6-8-23(9-7-22)28(29,30)31)27(4)10-12-34(13-11-27)26(37)25-20(2)32-18-33-21(25)3;1-2-3-4-5-6-10-7-8-11(13)9-12(10)14/h6-9,18-19,24H,10-17H2,1-5H3;7-9,13-14H,2-6H2,1H3/t19-,24-;/m0./s1. The van der Waals surface area contributed by atoms with Crippen LogP contribution >= 0.6 is 0 Å². The lowest BCUT2D eigenvalue weighted by atomic mass is 9.86. The lowest BCUT2D eigenvalue weighted by molar-refractivity contribution is -0.137. The van der Waals surface area contributed by atoms with Crippen LogP contribution in [0.4, 0.5) is 13.2 Å². The topological polar surface area (TPSA) is 102 Å². The Morgan fingerprint density at radius 1 is 0.981 bits per heavy atom. The number of carbonyl (C=O) groups excluding carboxylic acids is 1. The monoisotopic (exact) mass is 727 g/mol. The number of rotatable bonds is 11. The number of unbranched alkanes of at least 4 members (excludes halogenated alkanes) is 3. The molecule has 2 atom stereocenters. The minimum absolute atomic E-state index is 0.000198. The van der Waals surface area contributed by atoms with E-state index >= 15 is 0 Å². The predicted molar refractivity (Wildman–Crippen MR) is 196 cm³/mol. The second kappa shape index (κ2) is 18.3. The van der Waals surface area contributed by atoms with Crippen LogP contribution in [-0.4, -0.2) is 98.8 Å². The van der Waals surface area contributed by atoms with Gasteiger partial charge >= 0.3 is 6.18 Å². The fraction of sp³-hybridized carbons (Fsp3) is 0.575. The number of halogens is 3. The quantitative estimate of drug-likeness (QED) is 0.194. The van der Waals surface area contributed by atoms with Crippen LogP contribution in [0.3, 0.4) is 0 Å². The van der Waals surface area contributed by atoms with Gasteiger partial charge in [0.1, 0.15) is 17.8 Å². The van der Waals surface area contributed by atoms with E-state index in [1.54, 1.807) is 31.4 Å². The van der Waals surface area contributed by atoms with Gasteiger partial charge < -0.3 is 19.8 Å². The molecular weight excluding hydrogens is 671 g/mol. The third-order valence-corrected chi connectivity index (χ3v) is 10.7. The van der Waals surface area contributed by atoms with Crippen molar-refractivity contribution >= 4 is 5.91 Å². The molecule has 0 saturated carbocycles. The Morgan fingerprint density at radius 2 is 1.63 bits per heavy atom. The Morgan fingerprint density at radius 3 is 2.19 bits per heavy atom. The van der Waals surface area contributed by atoms with Crippen LogP contribution < -0.4 is 0 Å². The number of benzene rings is 2. The molecule has 0 spiro atoms. The first-order valence-corrected chi connectivity index (χ1v) is 18.4. The summed E-state index contributed by atoms with van der Waals surface area (Å²) in [5.41, 5.74) is 3.11. The number of ether oxygens (including phenoxy) is 1.